The van der Waals surface area contributed by atoms with Crippen LogP contribution >= 0.6 is 23.8 Å². The summed E-state index contributed by atoms with van der Waals surface area (Å²) in [6.07, 6.45) is 3.36. The zero-order chi connectivity index (χ0) is 11.8. The van der Waals surface area contributed by atoms with E-state index in [-0.39, 0.29) is 0 Å². The number of hydrogen-bond donors (Lipinski definition) is 2. The Bertz CT molecular complexity index is 404. The van der Waals surface area contributed by atoms with E-state index in [0.717, 1.165) is 5.56 Å². The van der Waals surface area contributed by atoms with Crippen LogP contribution in [-0.4, -0.2) is 17.9 Å². The Balaban J connectivity index is 2.42. The number of nitrogens with zero attached hydrogens (tertiary/aromatic N) is 1. The lowest BCUT2D eigenvalue weighted by Gasteiger charge is -2.02. The first-order valence-corrected chi connectivity index (χ1v) is 5.44. The van der Waals surface area contributed by atoms with Crippen LogP contribution in [-0.2, 0) is 0 Å². The Morgan fingerprint density at radius 2 is 2.38 bits per heavy atom. The van der Waals surface area contributed by atoms with Crippen molar-refractivity contribution in [2.24, 2.45) is 5.10 Å². The quantitative estimate of drug-likeness (QED) is 0.374. The Labute approximate surface area is 105 Å². The molecule has 0 spiro atoms. The van der Waals surface area contributed by atoms with Gasteiger partial charge in [-0.2, -0.15) is 5.10 Å². The molecule has 0 aromatic heterocycles. The van der Waals surface area contributed by atoms with Gasteiger partial charge >= 0.3 is 0 Å². The molecule has 0 heterocycles. The zero-order valence-electron chi connectivity index (χ0n) is 8.61. The molecule has 0 fully saturated rings. The summed E-state index contributed by atoms with van der Waals surface area (Å²) in [5.41, 5.74) is 3.59. The van der Waals surface area contributed by atoms with Crippen LogP contribution in [0.1, 0.15) is 5.56 Å². The van der Waals surface area contributed by atoms with E-state index in [1.54, 1.807) is 12.3 Å². The van der Waals surface area contributed by atoms with Crippen molar-refractivity contribution in [2.75, 3.05) is 6.54 Å². The first-order chi connectivity index (χ1) is 7.72. The maximum Gasteiger partial charge on any atom is 0.187 e. The van der Waals surface area contributed by atoms with E-state index in [0.29, 0.717) is 16.7 Å². The summed E-state index contributed by atoms with van der Waals surface area (Å²) in [7, 11) is 0. The van der Waals surface area contributed by atoms with Gasteiger partial charge in [-0.3, -0.25) is 5.43 Å². The van der Waals surface area contributed by atoms with Gasteiger partial charge in [-0.1, -0.05) is 29.8 Å². The lowest BCUT2D eigenvalue weighted by Crippen LogP contribution is -2.31. The highest BCUT2D eigenvalue weighted by molar-refractivity contribution is 7.80. The van der Waals surface area contributed by atoms with Gasteiger partial charge in [0.1, 0.15) is 0 Å². The lowest BCUT2D eigenvalue weighted by molar-refractivity contribution is 0.942. The normalized spacial score (nSPS) is 10.1. The van der Waals surface area contributed by atoms with E-state index < -0.39 is 0 Å². The predicted molar refractivity (Wildman–Crippen MR) is 73.0 cm³/mol. The largest absolute Gasteiger partial charge is 0.358 e. The summed E-state index contributed by atoms with van der Waals surface area (Å²) in [5.74, 6) is 0. The fraction of sp³-hybridized carbons (Fsp3) is 0.0909. The van der Waals surface area contributed by atoms with Gasteiger partial charge in [0.2, 0.25) is 0 Å². The van der Waals surface area contributed by atoms with E-state index in [1.807, 2.05) is 24.3 Å². The second kappa shape index (κ2) is 6.98. The topological polar surface area (TPSA) is 36.4 Å². The molecule has 1 rings (SSSR count). The molecule has 84 valence electrons. The maximum atomic E-state index is 5.82. The van der Waals surface area contributed by atoms with Crippen molar-refractivity contribution in [3.8, 4) is 0 Å². The minimum atomic E-state index is 0.457. The number of nitrogens with one attached hydrogen (secondary N) is 2. The minimum absolute atomic E-state index is 0.457. The molecule has 16 heavy (non-hydrogen) atoms. The second-order valence-corrected chi connectivity index (χ2v) is 3.77. The molecule has 5 heteroatoms. The third-order valence-electron chi connectivity index (χ3n) is 1.64. The van der Waals surface area contributed by atoms with Gasteiger partial charge in [0, 0.05) is 11.6 Å². The van der Waals surface area contributed by atoms with E-state index in [4.69, 9.17) is 23.8 Å². The average Bonchev–Trinajstić information content (AvgIpc) is 2.26. The highest BCUT2D eigenvalue weighted by Gasteiger charge is 1.91. The van der Waals surface area contributed by atoms with Gasteiger partial charge in [-0.15, -0.1) is 6.58 Å². The fourth-order valence-corrected chi connectivity index (χ4v) is 1.29. The first-order valence-electron chi connectivity index (χ1n) is 4.66. The molecule has 0 saturated carbocycles. The summed E-state index contributed by atoms with van der Waals surface area (Å²) in [4.78, 5) is 0. The maximum absolute atomic E-state index is 5.82. The van der Waals surface area contributed by atoms with E-state index in [9.17, 15) is 0 Å². The van der Waals surface area contributed by atoms with Crippen LogP contribution in [0.4, 0.5) is 0 Å². The third-order valence-corrected chi connectivity index (χ3v) is 2.11. The molecule has 1 aromatic carbocycles. The van der Waals surface area contributed by atoms with Crippen LogP contribution in [0.3, 0.4) is 0 Å². The summed E-state index contributed by atoms with van der Waals surface area (Å²) in [6, 6.07) is 7.38. The molecular weight excluding hydrogens is 242 g/mol. The van der Waals surface area contributed by atoms with Gasteiger partial charge < -0.3 is 5.32 Å². The molecule has 0 radical (unpaired) electrons. The lowest BCUT2D eigenvalue weighted by atomic mass is 10.2. The Morgan fingerprint density at radius 1 is 1.56 bits per heavy atom. The Hall–Kier alpha value is -1.39. The van der Waals surface area contributed by atoms with Crippen molar-refractivity contribution >= 4 is 35.1 Å². The first kappa shape index (κ1) is 12.7. The van der Waals surface area contributed by atoms with Gasteiger partial charge in [0.05, 0.1) is 6.21 Å². The van der Waals surface area contributed by atoms with Gasteiger partial charge in [-0.25, -0.2) is 0 Å². The number of rotatable bonds is 4. The molecule has 0 amide bonds. The average molecular weight is 254 g/mol. The van der Waals surface area contributed by atoms with Crippen LogP contribution < -0.4 is 10.7 Å². The van der Waals surface area contributed by atoms with Gasteiger partial charge in [0.15, 0.2) is 5.11 Å². The Kier molecular flexibility index (Phi) is 5.53. The molecule has 0 aliphatic rings. The molecule has 0 atom stereocenters. The molecule has 0 bridgehead atoms. The number of benzene rings is 1. The highest BCUT2D eigenvalue weighted by Crippen LogP contribution is 2.08. The number of thiocarbonyl (C=S) groups is 1. The summed E-state index contributed by atoms with van der Waals surface area (Å²) in [5, 5.41) is 7.99. The van der Waals surface area contributed by atoms with Crippen molar-refractivity contribution < 1.29 is 0 Å². The number of hydrazone groups is 1. The fourth-order valence-electron chi connectivity index (χ4n) is 0.957. The minimum Gasteiger partial charge on any atom is -0.358 e. The van der Waals surface area contributed by atoms with Crippen LogP contribution in [0, 0.1) is 0 Å². The second-order valence-electron chi connectivity index (χ2n) is 2.92. The van der Waals surface area contributed by atoms with E-state index in [1.165, 1.54) is 0 Å². The van der Waals surface area contributed by atoms with Crippen molar-refractivity contribution in [3.05, 3.63) is 47.5 Å². The smallest absolute Gasteiger partial charge is 0.187 e. The monoisotopic (exact) mass is 253 g/mol. The molecule has 0 unspecified atom stereocenters. The van der Waals surface area contributed by atoms with Crippen LogP contribution in [0.5, 0.6) is 0 Å². The van der Waals surface area contributed by atoms with Gasteiger partial charge in [-0.05, 0) is 29.9 Å². The summed E-state index contributed by atoms with van der Waals surface area (Å²) < 4.78 is 0. The number of hydrogen-bond acceptors (Lipinski definition) is 2. The predicted octanol–water partition coefficient (Wildman–Crippen LogP) is 2.32. The molecule has 3 nitrogen and oxygen atoms in total. The van der Waals surface area contributed by atoms with Gasteiger partial charge in [0.25, 0.3) is 0 Å². The summed E-state index contributed by atoms with van der Waals surface area (Å²) in [6.45, 7) is 4.18. The van der Waals surface area contributed by atoms with Crippen molar-refractivity contribution in [3.63, 3.8) is 0 Å². The highest BCUT2D eigenvalue weighted by atomic mass is 35.5. The molecule has 1 aromatic rings. The molecule has 0 saturated heterocycles. The van der Waals surface area contributed by atoms with Crippen LogP contribution in [0.15, 0.2) is 42.0 Å². The zero-order valence-corrected chi connectivity index (χ0v) is 10.2. The van der Waals surface area contributed by atoms with E-state index >= 15 is 0 Å². The standard InChI is InChI=1S/C11H12ClN3S/c1-2-6-13-11(16)15-14-8-9-4-3-5-10(12)7-9/h2-5,7-8H,1,6H2,(H2,13,15,16). The van der Waals surface area contributed by atoms with Crippen LogP contribution in [0.2, 0.25) is 5.02 Å². The van der Waals surface area contributed by atoms with Crippen molar-refractivity contribution in [1.29, 1.82) is 0 Å². The van der Waals surface area contributed by atoms with Crippen molar-refractivity contribution in [1.82, 2.24) is 10.7 Å². The summed E-state index contributed by atoms with van der Waals surface area (Å²) >= 11 is 10.8. The molecular formula is C11H12ClN3S. The van der Waals surface area contributed by atoms with Crippen LogP contribution in [0.25, 0.3) is 0 Å². The molecule has 2 N–H and O–H groups in total. The molecule has 0 aliphatic carbocycles. The molecule has 0 aliphatic heterocycles. The van der Waals surface area contributed by atoms with Crippen molar-refractivity contribution in [2.45, 2.75) is 0 Å². The Morgan fingerprint density at radius 3 is 3.06 bits per heavy atom. The third kappa shape index (κ3) is 4.91. The SMILES string of the molecule is C=CCNC(=S)NN=Cc1cccc(Cl)c1. The van der Waals surface area contributed by atoms with E-state index in [2.05, 4.69) is 22.4 Å². The number of halogens is 1.